The van der Waals surface area contributed by atoms with E-state index in [1.54, 1.807) is 11.3 Å². The maximum absolute atomic E-state index is 5.12. The predicted octanol–water partition coefficient (Wildman–Crippen LogP) is 2.13. The first kappa shape index (κ1) is 5.45. The predicted molar refractivity (Wildman–Crippen MR) is 37.7 cm³/mol. The average Bonchev–Trinajstić information content (AvgIpc) is 2.58. The first-order valence-corrected chi connectivity index (χ1v) is 3.91. The minimum Gasteiger partial charge on any atom is -0.367 e. The molecule has 0 amide bonds. The van der Waals surface area contributed by atoms with E-state index < -0.39 is 0 Å². The Hall–Kier alpha value is -0.340. The van der Waals surface area contributed by atoms with E-state index in [2.05, 4.69) is 18.4 Å². The van der Waals surface area contributed by atoms with Gasteiger partial charge in [-0.3, -0.25) is 0 Å². The third kappa shape index (κ3) is 1.00. The van der Waals surface area contributed by atoms with Gasteiger partial charge in [-0.1, -0.05) is 0 Å². The van der Waals surface area contributed by atoms with Crippen LogP contribution >= 0.6 is 11.3 Å². The van der Waals surface area contributed by atoms with Crippen LogP contribution < -0.4 is 0 Å². The van der Waals surface area contributed by atoms with Crippen LogP contribution in [0.25, 0.3) is 0 Å². The van der Waals surface area contributed by atoms with Crippen LogP contribution in [0.5, 0.6) is 0 Å². The molecule has 48 valence electrons. The van der Waals surface area contributed by atoms with Gasteiger partial charge in [-0.05, 0) is 23.9 Å². The monoisotopic (exact) mass is 140 g/mol. The number of hydrogen-bond donors (Lipinski definition) is 0. The summed E-state index contributed by atoms with van der Waals surface area (Å²) in [7, 11) is 0. The molecule has 0 saturated carbocycles. The number of thiophene rings is 1. The lowest BCUT2D eigenvalue weighted by molar-refractivity contribution is 0.418. The van der Waals surface area contributed by atoms with Crippen molar-refractivity contribution in [3.8, 4) is 0 Å². The van der Waals surface area contributed by atoms with E-state index >= 15 is 0 Å². The van der Waals surface area contributed by atoms with Crippen molar-refractivity contribution >= 4 is 11.3 Å². The summed E-state index contributed by atoms with van der Waals surface area (Å²) in [4.78, 5) is 1.38. The molecule has 1 fully saturated rings. The molecular formula is C7H8OS. The second-order valence-corrected chi connectivity index (χ2v) is 3.29. The van der Waals surface area contributed by atoms with Crippen LogP contribution in [-0.2, 0) is 4.74 Å². The van der Waals surface area contributed by atoms with E-state index in [9.17, 15) is 0 Å². The first-order chi connectivity index (χ1) is 4.36. The van der Waals surface area contributed by atoms with Crippen molar-refractivity contribution in [2.45, 2.75) is 13.0 Å². The summed E-state index contributed by atoms with van der Waals surface area (Å²) in [6, 6.07) is 2.20. The Labute approximate surface area is 58.3 Å². The molecule has 1 aliphatic heterocycles. The topological polar surface area (TPSA) is 12.5 Å². The first-order valence-electron chi connectivity index (χ1n) is 3.03. The fourth-order valence-corrected chi connectivity index (χ4v) is 1.77. The second-order valence-electron chi connectivity index (χ2n) is 2.35. The second kappa shape index (κ2) is 1.82. The molecule has 0 aromatic carbocycles. The van der Waals surface area contributed by atoms with E-state index in [-0.39, 0.29) is 0 Å². The zero-order chi connectivity index (χ0) is 6.27. The summed E-state index contributed by atoms with van der Waals surface area (Å²) in [5, 5.41) is 2.16. The molecule has 1 aromatic heterocycles. The SMILES string of the molecule is Cc1csc([C@H]2CO2)c1. The smallest absolute Gasteiger partial charge is 0.115 e. The Balaban J connectivity index is 2.28. The third-order valence-corrected chi connectivity index (χ3v) is 2.54. The van der Waals surface area contributed by atoms with Gasteiger partial charge in [0.15, 0.2) is 0 Å². The molecular weight excluding hydrogens is 132 g/mol. The van der Waals surface area contributed by atoms with Crippen LogP contribution in [0, 0.1) is 6.92 Å². The van der Waals surface area contributed by atoms with E-state index in [0.29, 0.717) is 6.10 Å². The van der Waals surface area contributed by atoms with Crippen molar-refractivity contribution in [1.82, 2.24) is 0 Å². The molecule has 1 atom stereocenters. The van der Waals surface area contributed by atoms with Gasteiger partial charge in [-0.15, -0.1) is 11.3 Å². The highest BCUT2D eigenvalue weighted by Crippen LogP contribution is 2.33. The lowest BCUT2D eigenvalue weighted by Gasteiger charge is -1.80. The number of ether oxygens (including phenoxy) is 1. The van der Waals surface area contributed by atoms with Gasteiger partial charge in [0.25, 0.3) is 0 Å². The van der Waals surface area contributed by atoms with Crippen molar-refractivity contribution in [1.29, 1.82) is 0 Å². The van der Waals surface area contributed by atoms with Crippen LogP contribution in [0.15, 0.2) is 11.4 Å². The molecule has 0 N–H and O–H groups in total. The van der Waals surface area contributed by atoms with Crippen molar-refractivity contribution in [2.24, 2.45) is 0 Å². The molecule has 0 spiro atoms. The van der Waals surface area contributed by atoms with Crippen LogP contribution in [0.3, 0.4) is 0 Å². The lowest BCUT2D eigenvalue weighted by Crippen LogP contribution is -1.67. The summed E-state index contributed by atoms with van der Waals surface area (Å²) in [6.45, 7) is 3.04. The molecule has 0 radical (unpaired) electrons. The minimum absolute atomic E-state index is 0.448. The number of rotatable bonds is 1. The van der Waals surface area contributed by atoms with Gasteiger partial charge in [0.2, 0.25) is 0 Å². The fourth-order valence-electron chi connectivity index (χ4n) is 0.835. The molecule has 1 saturated heterocycles. The largest absolute Gasteiger partial charge is 0.367 e. The van der Waals surface area contributed by atoms with Crippen LogP contribution in [0.1, 0.15) is 16.5 Å². The molecule has 9 heavy (non-hydrogen) atoms. The molecule has 2 heterocycles. The zero-order valence-electron chi connectivity index (χ0n) is 5.26. The van der Waals surface area contributed by atoms with Crippen molar-refractivity contribution in [2.75, 3.05) is 6.61 Å². The van der Waals surface area contributed by atoms with Crippen LogP contribution in [-0.4, -0.2) is 6.61 Å². The maximum Gasteiger partial charge on any atom is 0.115 e. The summed E-state index contributed by atoms with van der Waals surface area (Å²) >= 11 is 1.80. The van der Waals surface area contributed by atoms with Gasteiger partial charge in [-0.2, -0.15) is 0 Å². The molecule has 2 rings (SSSR count). The summed E-state index contributed by atoms with van der Waals surface area (Å²) < 4.78 is 5.12. The van der Waals surface area contributed by atoms with Gasteiger partial charge >= 0.3 is 0 Å². The van der Waals surface area contributed by atoms with E-state index in [4.69, 9.17) is 4.74 Å². The Bertz CT molecular complexity index is 212. The fraction of sp³-hybridized carbons (Fsp3) is 0.429. The lowest BCUT2D eigenvalue weighted by atomic mass is 10.3. The van der Waals surface area contributed by atoms with Crippen LogP contribution in [0.4, 0.5) is 0 Å². The quantitative estimate of drug-likeness (QED) is 0.544. The number of hydrogen-bond acceptors (Lipinski definition) is 2. The van der Waals surface area contributed by atoms with Crippen molar-refractivity contribution in [3.63, 3.8) is 0 Å². The third-order valence-electron chi connectivity index (χ3n) is 1.40. The van der Waals surface area contributed by atoms with Gasteiger partial charge < -0.3 is 4.74 Å². The Morgan fingerprint density at radius 1 is 1.78 bits per heavy atom. The molecule has 0 bridgehead atoms. The van der Waals surface area contributed by atoms with E-state index in [1.165, 1.54) is 10.4 Å². The van der Waals surface area contributed by atoms with Gasteiger partial charge in [0.1, 0.15) is 6.10 Å². The average molecular weight is 140 g/mol. The molecule has 0 unspecified atom stereocenters. The van der Waals surface area contributed by atoms with Gasteiger partial charge in [0.05, 0.1) is 6.61 Å². The van der Waals surface area contributed by atoms with Gasteiger partial charge in [-0.25, -0.2) is 0 Å². The summed E-state index contributed by atoms with van der Waals surface area (Å²) in [5.41, 5.74) is 1.35. The van der Waals surface area contributed by atoms with Crippen LogP contribution in [0.2, 0.25) is 0 Å². The van der Waals surface area contributed by atoms with E-state index in [0.717, 1.165) is 6.61 Å². The van der Waals surface area contributed by atoms with Crippen molar-refractivity contribution < 1.29 is 4.74 Å². The molecule has 0 aliphatic carbocycles. The summed E-state index contributed by atoms with van der Waals surface area (Å²) in [5.74, 6) is 0. The summed E-state index contributed by atoms with van der Waals surface area (Å²) in [6.07, 6.45) is 0.448. The minimum atomic E-state index is 0.448. The Morgan fingerprint density at radius 3 is 3.00 bits per heavy atom. The van der Waals surface area contributed by atoms with Crippen molar-refractivity contribution in [3.05, 3.63) is 21.9 Å². The van der Waals surface area contributed by atoms with E-state index in [1.807, 2.05) is 0 Å². The molecule has 2 heteroatoms. The highest BCUT2D eigenvalue weighted by atomic mass is 32.1. The Morgan fingerprint density at radius 2 is 2.56 bits per heavy atom. The number of aryl methyl sites for hydroxylation is 1. The maximum atomic E-state index is 5.12. The highest BCUT2D eigenvalue weighted by molar-refractivity contribution is 7.10. The zero-order valence-corrected chi connectivity index (χ0v) is 6.07. The molecule has 1 aromatic rings. The normalized spacial score (nSPS) is 24.3. The standard InChI is InChI=1S/C7H8OS/c1-5-2-7(9-4-5)6-3-8-6/h2,4,6H,3H2,1H3/t6-/m1/s1. The Kier molecular flexibility index (Phi) is 1.10. The number of epoxide rings is 1. The molecule has 1 aliphatic rings. The van der Waals surface area contributed by atoms with Gasteiger partial charge in [0, 0.05) is 4.88 Å². The molecule has 1 nitrogen and oxygen atoms in total. The highest BCUT2D eigenvalue weighted by Gasteiger charge is 2.25.